The molecular weight excluding hydrogens is 323 g/mol. The van der Waals surface area contributed by atoms with Crippen molar-refractivity contribution in [1.29, 1.82) is 0 Å². The molecule has 0 aromatic carbocycles. The first-order valence-electron chi connectivity index (χ1n) is 8.10. The number of anilines is 1. The molecule has 132 valence electrons. The summed E-state index contributed by atoms with van der Waals surface area (Å²) in [6, 6.07) is 2.04. The summed E-state index contributed by atoms with van der Waals surface area (Å²) in [5.41, 5.74) is -0.701. The average molecular weight is 343 g/mol. The molecule has 0 N–H and O–H groups in total. The Balaban J connectivity index is 1.66. The van der Waals surface area contributed by atoms with E-state index in [1.54, 1.807) is 4.90 Å². The first kappa shape index (κ1) is 17.0. The van der Waals surface area contributed by atoms with Crippen molar-refractivity contribution in [3.63, 3.8) is 0 Å². The standard InChI is InChI=1S/C16H20F3N3O2/c17-16(18,19)13-2-4-20-14(10-13)21-5-1-6-22(8-7-21)15(23)12-3-9-24-11-12/h2,4,10,12H,1,3,5-9,11H2. The van der Waals surface area contributed by atoms with Gasteiger partial charge in [0.25, 0.3) is 0 Å². The summed E-state index contributed by atoms with van der Waals surface area (Å²) < 4.78 is 43.8. The third kappa shape index (κ3) is 3.80. The second kappa shape index (κ2) is 6.96. The van der Waals surface area contributed by atoms with E-state index in [0.29, 0.717) is 51.6 Å². The van der Waals surface area contributed by atoms with Crippen LogP contribution < -0.4 is 4.90 Å². The summed E-state index contributed by atoms with van der Waals surface area (Å²) in [6.45, 7) is 3.25. The zero-order chi connectivity index (χ0) is 17.2. The Morgan fingerprint density at radius 2 is 2.08 bits per heavy atom. The summed E-state index contributed by atoms with van der Waals surface area (Å²) in [7, 11) is 0. The number of hydrogen-bond acceptors (Lipinski definition) is 4. The number of halogens is 3. The van der Waals surface area contributed by atoms with Gasteiger partial charge in [0.05, 0.1) is 18.1 Å². The maximum absolute atomic E-state index is 12.8. The van der Waals surface area contributed by atoms with Crippen molar-refractivity contribution in [3.8, 4) is 0 Å². The number of nitrogens with zero attached hydrogens (tertiary/aromatic N) is 3. The average Bonchev–Trinajstić information content (AvgIpc) is 2.98. The molecule has 0 bridgehead atoms. The summed E-state index contributed by atoms with van der Waals surface area (Å²) in [5.74, 6) is 0.318. The lowest BCUT2D eigenvalue weighted by Crippen LogP contribution is -2.39. The van der Waals surface area contributed by atoms with Crippen LogP contribution in [0.3, 0.4) is 0 Å². The topological polar surface area (TPSA) is 45.7 Å². The molecule has 0 spiro atoms. The van der Waals surface area contributed by atoms with Gasteiger partial charge in [-0.3, -0.25) is 4.79 Å². The summed E-state index contributed by atoms with van der Waals surface area (Å²) >= 11 is 0. The minimum atomic E-state index is -4.38. The molecule has 1 amide bonds. The molecule has 1 unspecified atom stereocenters. The number of alkyl halides is 3. The second-order valence-electron chi connectivity index (χ2n) is 6.13. The molecule has 2 aliphatic rings. The van der Waals surface area contributed by atoms with Crippen molar-refractivity contribution in [2.75, 3.05) is 44.3 Å². The van der Waals surface area contributed by atoms with Gasteiger partial charge >= 0.3 is 6.18 Å². The summed E-state index contributed by atoms with van der Waals surface area (Å²) in [6.07, 6.45) is -1.75. The molecule has 2 fully saturated rings. The fourth-order valence-electron chi connectivity index (χ4n) is 3.12. The van der Waals surface area contributed by atoms with E-state index in [-0.39, 0.29) is 11.8 Å². The Labute approximate surface area is 138 Å². The molecule has 0 aliphatic carbocycles. The van der Waals surface area contributed by atoms with Crippen LogP contribution in [0.5, 0.6) is 0 Å². The molecule has 2 aliphatic heterocycles. The minimum absolute atomic E-state index is 0.0803. The van der Waals surface area contributed by atoms with Crippen LogP contribution in [-0.2, 0) is 15.7 Å². The molecule has 0 saturated carbocycles. The van der Waals surface area contributed by atoms with Gasteiger partial charge in [0.15, 0.2) is 0 Å². The number of carbonyl (C=O) groups excluding carboxylic acids is 1. The Morgan fingerprint density at radius 3 is 2.79 bits per heavy atom. The quantitative estimate of drug-likeness (QED) is 0.826. The molecule has 1 aromatic heterocycles. The van der Waals surface area contributed by atoms with E-state index in [1.807, 2.05) is 4.90 Å². The zero-order valence-electron chi connectivity index (χ0n) is 13.3. The number of rotatable bonds is 2. The zero-order valence-corrected chi connectivity index (χ0v) is 13.3. The van der Waals surface area contributed by atoms with E-state index in [2.05, 4.69) is 4.98 Å². The Hall–Kier alpha value is -1.83. The normalized spacial score (nSPS) is 22.5. The molecule has 3 heterocycles. The molecule has 1 aromatic rings. The highest BCUT2D eigenvalue weighted by molar-refractivity contribution is 5.79. The number of pyridine rings is 1. The van der Waals surface area contributed by atoms with Crippen molar-refractivity contribution >= 4 is 11.7 Å². The molecule has 24 heavy (non-hydrogen) atoms. The predicted molar refractivity (Wildman–Crippen MR) is 81.6 cm³/mol. The van der Waals surface area contributed by atoms with Crippen LogP contribution in [0.2, 0.25) is 0 Å². The lowest BCUT2D eigenvalue weighted by Gasteiger charge is -2.24. The second-order valence-corrected chi connectivity index (χ2v) is 6.13. The van der Waals surface area contributed by atoms with E-state index in [1.165, 1.54) is 6.20 Å². The van der Waals surface area contributed by atoms with Gasteiger partial charge in [0.2, 0.25) is 5.91 Å². The molecule has 2 saturated heterocycles. The van der Waals surface area contributed by atoms with Crippen molar-refractivity contribution in [2.24, 2.45) is 5.92 Å². The maximum atomic E-state index is 12.8. The van der Waals surface area contributed by atoms with Gasteiger partial charge in [-0.2, -0.15) is 13.2 Å². The van der Waals surface area contributed by atoms with Crippen LogP contribution in [0.25, 0.3) is 0 Å². The lowest BCUT2D eigenvalue weighted by atomic mass is 10.1. The van der Waals surface area contributed by atoms with Gasteiger partial charge in [-0.25, -0.2) is 4.98 Å². The fourth-order valence-corrected chi connectivity index (χ4v) is 3.12. The lowest BCUT2D eigenvalue weighted by molar-refractivity contribution is -0.137. The van der Waals surface area contributed by atoms with E-state index in [4.69, 9.17) is 4.74 Å². The van der Waals surface area contributed by atoms with Crippen LogP contribution in [0.15, 0.2) is 18.3 Å². The summed E-state index contributed by atoms with van der Waals surface area (Å²) in [4.78, 5) is 20.1. The van der Waals surface area contributed by atoms with Gasteiger partial charge < -0.3 is 14.5 Å². The van der Waals surface area contributed by atoms with Crippen molar-refractivity contribution in [1.82, 2.24) is 9.88 Å². The van der Waals surface area contributed by atoms with Crippen LogP contribution in [-0.4, -0.2) is 55.2 Å². The monoisotopic (exact) mass is 343 g/mol. The van der Waals surface area contributed by atoms with Gasteiger partial charge in [-0.1, -0.05) is 0 Å². The number of aromatic nitrogens is 1. The first-order valence-corrected chi connectivity index (χ1v) is 8.10. The number of ether oxygens (including phenoxy) is 1. The van der Waals surface area contributed by atoms with Crippen molar-refractivity contribution in [2.45, 2.75) is 19.0 Å². The van der Waals surface area contributed by atoms with Crippen molar-refractivity contribution < 1.29 is 22.7 Å². The van der Waals surface area contributed by atoms with Crippen LogP contribution >= 0.6 is 0 Å². The van der Waals surface area contributed by atoms with E-state index >= 15 is 0 Å². The molecule has 3 rings (SSSR count). The van der Waals surface area contributed by atoms with Crippen LogP contribution in [0.4, 0.5) is 19.0 Å². The van der Waals surface area contributed by atoms with Crippen LogP contribution in [0, 0.1) is 5.92 Å². The third-order valence-electron chi connectivity index (χ3n) is 4.48. The highest BCUT2D eigenvalue weighted by Crippen LogP contribution is 2.31. The first-order chi connectivity index (χ1) is 11.4. The number of amides is 1. The minimum Gasteiger partial charge on any atom is -0.381 e. The largest absolute Gasteiger partial charge is 0.416 e. The Bertz CT molecular complexity index is 588. The Morgan fingerprint density at radius 1 is 1.25 bits per heavy atom. The fraction of sp³-hybridized carbons (Fsp3) is 0.625. The molecule has 8 heteroatoms. The third-order valence-corrected chi connectivity index (χ3v) is 4.48. The SMILES string of the molecule is O=C(C1CCOC1)N1CCCN(c2cc(C(F)(F)F)ccn2)CC1. The van der Waals surface area contributed by atoms with E-state index < -0.39 is 11.7 Å². The summed E-state index contributed by atoms with van der Waals surface area (Å²) in [5, 5.41) is 0. The van der Waals surface area contributed by atoms with Crippen molar-refractivity contribution in [3.05, 3.63) is 23.9 Å². The number of hydrogen-bond donors (Lipinski definition) is 0. The van der Waals surface area contributed by atoms with Gasteiger partial charge in [0, 0.05) is 39.0 Å². The maximum Gasteiger partial charge on any atom is 0.416 e. The van der Waals surface area contributed by atoms with Gasteiger partial charge in [-0.05, 0) is 25.0 Å². The highest BCUT2D eigenvalue weighted by atomic mass is 19.4. The smallest absolute Gasteiger partial charge is 0.381 e. The molecule has 1 atom stereocenters. The molecule has 5 nitrogen and oxygen atoms in total. The molecular formula is C16H20F3N3O2. The van der Waals surface area contributed by atoms with Gasteiger partial charge in [0.1, 0.15) is 5.82 Å². The highest BCUT2D eigenvalue weighted by Gasteiger charge is 2.32. The van der Waals surface area contributed by atoms with Gasteiger partial charge in [-0.15, -0.1) is 0 Å². The number of carbonyl (C=O) groups is 1. The van der Waals surface area contributed by atoms with E-state index in [0.717, 1.165) is 18.6 Å². The predicted octanol–water partition coefficient (Wildman–Crippen LogP) is 2.18. The Kier molecular flexibility index (Phi) is 4.93. The van der Waals surface area contributed by atoms with Crippen LogP contribution in [0.1, 0.15) is 18.4 Å². The molecule has 0 radical (unpaired) electrons. The van der Waals surface area contributed by atoms with E-state index in [9.17, 15) is 18.0 Å².